The Morgan fingerprint density at radius 1 is 1.16 bits per heavy atom. The van der Waals surface area contributed by atoms with E-state index >= 15 is 0 Å². The lowest BCUT2D eigenvalue weighted by Gasteiger charge is -2.37. The first-order chi connectivity index (χ1) is 15.7. The van der Waals surface area contributed by atoms with Crippen molar-refractivity contribution in [2.45, 2.75) is 70.4 Å². The van der Waals surface area contributed by atoms with Gasteiger partial charge in [0, 0.05) is 29.3 Å². The second-order valence-electron chi connectivity index (χ2n) is 9.59. The molecule has 2 fully saturated rings. The highest BCUT2D eigenvalue weighted by atomic mass is 16.5. The van der Waals surface area contributed by atoms with Gasteiger partial charge in [-0.2, -0.15) is 0 Å². The molecule has 1 saturated heterocycles. The van der Waals surface area contributed by atoms with Gasteiger partial charge in [-0.15, -0.1) is 0 Å². The lowest BCUT2D eigenvalue weighted by molar-refractivity contribution is 0.0879. The fourth-order valence-corrected chi connectivity index (χ4v) is 5.47. The summed E-state index contributed by atoms with van der Waals surface area (Å²) in [7, 11) is 0. The van der Waals surface area contributed by atoms with Gasteiger partial charge in [-0.05, 0) is 83.0 Å². The Kier molecular flexibility index (Phi) is 6.30. The molecule has 1 amide bonds. The van der Waals surface area contributed by atoms with Gasteiger partial charge in [0.2, 0.25) is 5.76 Å². The molecule has 1 unspecified atom stereocenters. The van der Waals surface area contributed by atoms with E-state index in [1.54, 1.807) is 6.07 Å². The first-order valence-electron chi connectivity index (χ1n) is 12.1. The zero-order valence-electron chi connectivity index (χ0n) is 18.9. The molecular weight excluding hydrogens is 402 g/mol. The van der Waals surface area contributed by atoms with E-state index < -0.39 is 0 Å². The smallest absolute Gasteiger partial charge is 0.290 e. The number of amides is 1. The topological polar surface area (TPSA) is 71.5 Å². The number of nitrogens with one attached hydrogen (secondary N) is 1. The number of fused-ring (bicyclic) bond motifs is 1. The Morgan fingerprint density at radius 2 is 2.03 bits per heavy atom. The summed E-state index contributed by atoms with van der Waals surface area (Å²) in [5.41, 5.74) is 3.25. The van der Waals surface area contributed by atoms with Gasteiger partial charge in [-0.3, -0.25) is 9.69 Å². The number of carbonyl (C=O) groups is 1. The standard InChI is InChI=1S/C26H33N3O3/c1-18-15-25(32-28-18)26(30)27-22-10-8-19(9-11-22)12-14-29-13-3-2-6-23(29)21-16-20-5-4-7-24(20)31-17-21/h4-5,7,15-17,19,22-23H,2-3,6,8-14H2,1H3,(H,27,30)/t19-,22-,23?. The van der Waals surface area contributed by atoms with Crippen LogP contribution in [0.1, 0.15) is 79.2 Å². The van der Waals surface area contributed by atoms with Crippen molar-refractivity contribution in [2.75, 3.05) is 13.1 Å². The molecule has 0 radical (unpaired) electrons. The highest BCUT2D eigenvalue weighted by Crippen LogP contribution is 2.36. The predicted octanol–water partition coefficient (Wildman–Crippen LogP) is 5.59. The Morgan fingerprint density at radius 3 is 2.84 bits per heavy atom. The van der Waals surface area contributed by atoms with E-state index in [0.717, 1.165) is 36.8 Å². The molecule has 2 aliphatic carbocycles. The first kappa shape index (κ1) is 21.3. The summed E-state index contributed by atoms with van der Waals surface area (Å²) in [6.45, 7) is 4.14. The maximum Gasteiger partial charge on any atom is 0.290 e. The van der Waals surface area contributed by atoms with E-state index in [1.165, 1.54) is 56.2 Å². The van der Waals surface area contributed by atoms with Gasteiger partial charge in [0.25, 0.3) is 5.91 Å². The van der Waals surface area contributed by atoms with Crippen LogP contribution in [0.5, 0.6) is 0 Å². The number of nitrogens with zero attached hydrogens (tertiary/aromatic N) is 2. The second-order valence-corrected chi connectivity index (χ2v) is 9.59. The molecule has 170 valence electrons. The van der Waals surface area contributed by atoms with Gasteiger partial charge < -0.3 is 14.3 Å². The summed E-state index contributed by atoms with van der Waals surface area (Å²) in [5.74, 6) is 1.88. The Bertz CT molecular complexity index is 1000. The summed E-state index contributed by atoms with van der Waals surface area (Å²) in [6.07, 6.45) is 11.4. The summed E-state index contributed by atoms with van der Waals surface area (Å²) >= 11 is 0. The van der Waals surface area contributed by atoms with Gasteiger partial charge in [-0.1, -0.05) is 23.7 Å². The molecule has 1 aromatic heterocycles. The number of carbonyl (C=O) groups excluding carboxylic acids is 1. The van der Waals surface area contributed by atoms with Crippen LogP contribution in [-0.4, -0.2) is 35.1 Å². The number of hydrogen-bond acceptors (Lipinski definition) is 5. The van der Waals surface area contributed by atoms with E-state index in [4.69, 9.17) is 8.94 Å². The quantitative estimate of drug-likeness (QED) is 0.547. The van der Waals surface area contributed by atoms with Crippen molar-refractivity contribution in [1.82, 2.24) is 15.4 Å². The van der Waals surface area contributed by atoms with Crippen molar-refractivity contribution < 1.29 is 13.7 Å². The third kappa shape index (κ3) is 4.75. The Balaban J connectivity index is 1.12. The molecule has 0 bridgehead atoms. The fourth-order valence-electron chi connectivity index (χ4n) is 5.47. The SMILES string of the molecule is Cc1cc(C(=O)N[C@H]2CC[C@H](CCN3CCCCC3c3coc4cccc-4c3)CC2)on1. The zero-order valence-corrected chi connectivity index (χ0v) is 18.9. The van der Waals surface area contributed by atoms with Gasteiger partial charge in [0.05, 0.1) is 12.0 Å². The van der Waals surface area contributed by atoms with E-state index in [-0.39, 0.29) is 11.9 Å². The van der Waals surface area contributed by atoms with E-state index in [1.807, 2.05) is 19.3 Å². The average Bonchev–Trinajstić information content (AvgIpc) is 3.47. The molecule has 5 rings (SSSR count). The number of piperidine rings is 1. The van der Waals surface area contributed by atoms with Crippen molar-refractivity contribution in [3.8, 4) is 11.3 Å². The minimum atomic E-state index is -0.141. The highest BCUT2D eigenvalue weighted by molar-refractivity contribution is 5.91. The molecule has 3 heterocycles. The molecule has 6 heteroatoms. The molecule has 4 aliphatic rings. The maximum absolute atomic E-state index is 12.3. The van der Waals surface area contributed by atoms with Crippen molar-refractivity contribution in [3.05, 3.63) is 53.6 Å². The molecule has 6 nitrogen and oxygen atoms in total. The van der Waals surface area contributed by atoms with E-state index in [2.05, 4.69) is 33.6 Å². The molecule has 0 spiro atoms. The van der Waals surface area contributed by atoms with Gasteiger partial charge in [0.15, 0.2) is 0 Å². The van der Waals surface area contributed by atoms with Crippen molar-refractivity contribution in [2.24, 2.45) is 5.92 Å². The third-order valence-corrected chi connectivity index (χ3v) is 7.31. The highest BCUT2D eigenvalue weighted by Gasteiger charge is 2.28. The number of rotatable bonds is 6. The van der Waals surface area contributed by atoms with Crippen molar-refractivity contribution >= 4 is 5.91 Å². The Labute approximate surface area is 189 Å². The van der Waals surface area contributed by atoms with Gasteiger partial charge >= 0.3 is 0 Å². The normalized spacial score (nSPS) is 24.6. The minimum absolute atomic E-state index is 0.141. The summed E-state index contributed by atoms with van der Waals surface area (Å²) in [5, 5.41) is 6.93. The molecule has 1 N–H and O–H groups in total. The average molecular weight is 436 g/mol. The van der Waals surface area contributed by atoms with Crippen LogP contribution < -0.4 is 5.32 Å². The third-order valence-electron chi connectivity index (χ3n) is 7.31. The largest absolute Gasteiger partial charge is 0.464 e. The lowest BCUT2D eigenvalue weighted by atomic mass is 9.83. The summed E-state index contributed by atoms with van der Waals surface area (Å²) in [4.78, 5) is 15.0. The number of aryl methyl sites for hydroxylation is 1. The summed E-state index contributed by atoms with van der Waals surface area (Å²) in [6, 6.07) is 10.9. The van der Waals surface area contributed by atoms with Gasteiger partial charge in [0.1, 0.15) is 5.76 Å². The predicted molar refractivity (Wildman–Crippen MR) is 123 cm³/mol. The van der Waals surface area contributed by atoms with Crippen LogP contribution in [0.3, 0.4) is 0 Å². The Hall–Kier alpha value is -2.60. The van der Waals surface area contributed by atoms with Crippen LogP contribution in [0.25, 0.3) is 11.3 Å². The molecule has 1 atom stereocenters. The van der Waals surface area contributed by atoms with Crippen LogP contribution in [0.15, 0.2) is 45.5 Å². The van der Waals surface area contributed by atoms with Crippen LogP contribution in [0, 0.1) is 12.8 Å². The monoisotopic (exact) mass is 435 g/mol. The molecule has 1 aromatic rings. The van der Waals surface area contributed by atoms with Crippen molar-refractivity contribution in [3.63, 3.8) is 0 Å². The maximum atomic E-state index is 12.3. The fraction of sp³-hybridized carbons (Fsp3) is 0.538. The minimum Gasteiger partial charge on any atom is -0.464 e. The first-order valence-corrected chi connectivity index (χ1v) is 12.1. The lowest BCUT2D eigenvalue weighted by Crippen LogP contribution is -2.38. The molecule has 2 aliphatic heterocycles. The molecule has 32 heavy (non-hydrogen) atoms. The van der Waals surface area contributed by atoms with Crippen LogP contribution >= 0.6 is 0 Å². The van der Waals surface area contributed by atoms with Crippen molar-refractivity contribution in [1.29, 1.82) is 0 Å². The molecule has 0 aromatic carbocycles. The molecule has 1 saturated carbocycles. The zero-order chi connectivity index (χ0) is 21.9. The van der Waals surface area contributed by atoms with E-state index in [0.29, 0.717) is 11.8 Å². The number of likely N-dealkylation sites (tertiary alicyclic amines) is 1. The number of hydrogen-bond donors (Lipinski definition) is 1. The summed E-state index contributed by atoms with van der Waals surface area (Å²) < 4.78 is 11.0. The second kappa shape index (κ2) is 9.49. The van der Waals surface area contributed by atoms with Crippen LogP contribution in [0.2, 0.25) is 0 Å². The molecular formula is C26H33N3O3. The van der Waals surface area contributed by atoms with Gasteiger partial charge in [-0.25, -0.2) is 0 Å². The van der Waals surface area contributed by atoms with Crippen LogP contribution in [0.4, 0.5) is 0 Å². The number of aromatic nitrogens is 1. The van der Waals surface area contributed by atoms with E-state index in [9.17, 15) is 4.79 Å². The van der Waals surface area contributed by atoms with Crippen LogP contribution in [-0.2, 0) is 0 Å².